The Morgan fingerprint density at radius 3 is 2.38 bits per heavy atom. The van der Waals surface area contributed by atoms with Gasteiger partial charge in [-0.1, -0.05) is 12.6 Å². The zero-order chi connectivity index (χ0) is 12.3. The highest BCUT2D eigenvalue weighted by Gasteiger charge is 2.34. The number of ether oxygens (including phenoxy) is 1. The molecule has 1 nitrogen and oxygen atoms in total. The third kappa shape index (κ3) is 3.02. The molecule has 0 bridgehead atoms. The average molecular weight is 229 g/mol. The lowest BCUT2D eigenvalue weighted by Gasteiger charge is -2.16. The number of benzene rings is 1. The summed E-state index contributed by atoms with van der Waals surface area (Å²) < 4.78 is 43.2. The molecule has 16 heavy (non-hydrogen) atoms. The Hall–Kier alpha value is -1.45. The van der Waals surface area contributed by atoms with Gasteiger partial charge in [-0.25, -0.2) is 0 Å². The van der Waals surface area contributed by atoms with Crippen molar-refractivity contribution in [3.63, 3.8) is 0 Å². The van der Waals surface area contributed by atoms with Gasteiger partial charge in [-0.15, -0.1) is 0 Å². The summed E-state index contributed by atoms with van der Waals surface area (Å²) in [5, 5.41) is 0. The number of alkyl halides is 3. The maximum atomic E-state index is 12.7. The highest BCUT2D eigenvalue weighted by atomic mass is 19.4. The molecule has 0 aliphatic rings. The molecule has 0 aromatic heterocycles. The fourth-order valence-electron chi connectivity index (χ4n) is 1.22. The maximum absolute atomic E-state index is 12.7. The first-order valence-electron chi connectivity index (χ1n) is 4.75. The molecular weight excluding hydrogens is 217 g/mol. The molecule has 1 radical (unpaired) electrons. The van der Waals surface area contributed by atoms with Crippen molar-refractivity contribution in [1.82, 2.24) is 0 Å². The van der Waals surface area contributed by atoms with Gasteiger partial charge >= 0.3 is 6.18 Å². The number of halogens is 3. The van der Waals surface area contributed by atoms with Crippen molar-refractivity contribution in [3.8, 4) is 5.75 Å². The molecule has 1 aromatic carbocycles. The van der Waals surface area contributed by atoms with E-state index in [-0.39, 0.29) is 11.9 Å². The maximum Gasteiger partial charge on any atom is 0.419 e. The monoisotopic (exact) mass is 229 g/mol. The van der Waals surface area contributed by atoms with Gasteiger partial charge in [-0.3, -0.25) is 0 Å². The van der Waals surface area contributed by atoms with Crippen LogP contribution in [0.15, 0.2) is 24.8 Å². The molecule has 0 fully saturated rings. The Morgan fingerprint density at radius 1 is 1.31 bits per heavy atom. The average Bonchev–Trinajstić information content (AvgIpc) is 2.15. The second-order valence-corrected chi connectivity index (χ2v) is 3.55. The summed E-state index contributed by atoms with van der Waals surface area (Å²) in [5.41, 5.74) is -0.502. The van der Waals surface area contributed by atoms with Crippen LogP contribution in [-0.4, -0.2) is 6.10 Å². The summed E-state index contributed by atoms with van der Waals surface area (Å²) in [7, 11) is 0. The largest absolute Gasteiger partial charge is 0.490 e. The first kappa shape index (κ1) is 12.6. The van der Waals surface area contributed by atoms with E-state index in [9.17, 15) is 13.2 Å². The van der Waals surface area contributed by atoms with Gasteiger partial charge < -0.3 is 4.74 Å². The molecule has 0 saturated carbocycles. The van der Waals surface area contributed by atoms with Crippen molar-refractivity contribution in [2.75, 3.05) is 0 Å². The van der Waals surface area contributed by atoms with Gasteiger partial charge in [-0.2, -0.15) is 13.2 Å². The molecule has 0 spiro atoms. The van der Waals surface area contributed by atoms with Gasteiger partial charge in [0, 0.05) is 0 Å². The van der Waals surface area contributed by atoms with Crippen LogP contribution >= 0.6 is 0 Å². The van der Waals surface area contributed by atoms with Crippen LogP contribution in [0.2, 0.25) is 0 Å². The SMILES string of the molecule is C=[C]c1ccc(OC(C)C)c(C(F)(F)F)c1. The van der Waals surface area contributed by atoms with Gasteiger partial charge in [0.25, 0.3) is 0 Å². The zero-order valence-corrected chi connectivity index (χ0v) is 9.06. The Kier molecular flexibility index (Phi) is 3.62. The molecule has 0 atom stereocenters. The summed E-state index contributed by atoms with van der Waals surface area (Å²) in [5.74, 6) is -0.165. The van der Waals surface area contributed by atoms with Gasteiger partial charge in [0.2, 0.25) is 0 Å². The summed E-state index contributed by atoms with van der Waals surface area (Å²) in [6, 6.07) is 3.75. The van der Waals surface area contributed by atoms with Crippen LogP contribution in [0.1, 0.15) is 25.0 Å². The fraction of sp³-hybridized carbons (Fsp3) is 0.333. The van der Waals surface area contributed by atoms with E-state index in [0.717, 1.165) is 6.07 Å². The lowest BCUT2D eigenvalue weighted by Crippen LogP contribution is -2.13. The van der Waals surface area contributed by atoms with Crippen molar-refractivity contribution in [1.29, 1.82) is 0 Å². The second-order valence-electron chi connectivity index (χ2n) is 3.55. The van der Waals surface area contributed by atoms with Crippen LogP contribution in [0.5, 0.6) is 5.75 Å². The molecule has 0 amide bonds. The smallest absolute Gasteiger partial charge is 0.419 e. The molecule has 0 aliphatic heterocycles. The zero-order valence-electron chi connectivity index (χ0n) is 9.06. The van der Waals surface area contributed by atoms with E-state index < -0.39 is 11.7 Å². The van der Waals surface area contributed by atoms with Gasteiger partial charge in [0.05, 0.1) is 11.7 Å². The summed E-state index contributed by atoms with van der Waals surface area (Å²) in [6.07, 6.45) is -2.32. The van der Waals surface area contributed by atoms with Gasteiger partial charge in [0.1, 0.15) is 5.75 Å². The minimum atomic E-state index is -4.43. The molecule has 0 heterocycles. The van der Waals surface area contributed by atoms with E-state index in [2.05, 4.69) is 12.7 Å². The Morgan fingerprint density at radius 2 is 1.94 bits per heavy atom. The van der Waals surface area contributed by atoms with E-state index >= 15 is 0 Å². The normalized spacial score (nSPS) is 11.6. The van der Waals surface area contributed by atoms with Crippen LogP contribution in [0.25, 0.3) is 0 Å². The predicted molar refractivity (Wildman–Crippen MR) is 55.2 cm³/mol. The minimum Gasteiger partial charge on any atom is -0.490 e. The number of rotatable bonds is 3. The molecule has 1 aromatic rings. The first-order valence-corrected chi connectivity index (χ1v) is 4.75. The molecule has 1 rings (SSSR count). The highest BCUT2D eigenvalue weighted by molar-refractivity contribution is 5.41. The fourth-order valence-corrected chi connectivity index (χ4v) is 1.22. The van der Waals surface area contributed by atoms with Crippen molar-refractivity contribution in [2.24, 2.45) is 0 Å². The third-order valence-electron chi connectivity index (χ3n) is 1.85. The molecule has 4 heteroatoms. The molecule has 0 saturated heterocycles. The van der Waals surface area contributed by atoms with E-state index in [4.69, 9.17) is 4.74 Å². The number of hydrogen-bond donors (Lipinski definition) is 0. The standard InChI is InChI=1S/C12H12F3O/c1-4-9-5-6-11(16-8(2)3)10(7-9)12(13,14)15/h5-8H,1H2,2-3H3. The Labute approximate surface area is 92.5 Å². The van der Waals surface area contributed by atoms with Crippen molar-refractivity contribution in [2.45, 2.75) is 26.1 Å². The Bertz CT molecular complexity index is 380. The van der Waals surface area contributed by atoms with Crippen molar-refractivity contribution >= 4 is 0 Å². The Balaban J connectivity index is 3.22. The van der Waals surface area contributed by atoms with E-state index in [1.165, 1.54) is 12.1 Å². The summed E-state index contributed by atoms with van der Waals surface area (Å²) in [4.78, 5) is 0. The van der Waals surface area contributed by atoms with E-state index in [1.54, 1.807) is 13.8 Å². The van der Waals surface area contributed by atoms with Gasteiger partial charge in [0.15, 0.2) is 0 Å². The predicted octanol–water partition coefficient (Wildman–Crippen LogP) is 3.83. The molecule has 0 N–H and O–H groups in total. The van der Waals surface area contributed by atoms with Gasteiger partial charge in [-0.05, 0) is 37.6 Å². The van der Waals surface area contributed by atoms with Crippen LogP contribution in [0.4, 0.5) is 13.2 Å². The quantitative estimate of drug-likeness (QED) is 0.765. The molecule has 0 aliphatic carbocycles. The first-order chi connectivity index (χ1) is 7.34. The second kappa shape index (κ2) is 4.60. The molecule has 0 unspecified atom stereocenters. The summed E-state index contributed by atoms with van der Waals surface area (Å²) >= 11 is 0. The molecule has 87 valence electrons. The minimum absolute atomic E-state index is 0.165. The summed E-state index contributed by atoms with van der Waals surface area (Å²) in [6.45, 7) is 6.66. The van der Waals surface area contributed by atoms with Crippen LogP contribution in [0, 0.1) is 6.08 Å². The van der Waals surface area contributed by atoms with E-state index in [1.807, 2.05) is 0 Å². The number of hydrogen-bond acceptors (Lipinski definition) is 1. The highest BCUT2D eigenvalue weighted by Crippen LogP contribution is 2.37. The van der Waals surface area contributed by atoms with E-state index in [0.29, 0.717) is 5.56 Å². The van der Waals surface area contributed by atoms with Crippen molar-refractivity contribution in [3.05, 3.63) is 42.0 Å². The van der Waals surface area contributed by atoms with Crippen LogP contribution in [-0.2, 0) is 6.18 Å². The van der Waals surface area contributed by atoms with Crippen LogP contribution in [0.3, 0.4) is 0 Å². The molecular formula is C12H12F3O. The topological polar surface area (TPSA) is 9.23 Å². The lowest BCUT2D eigenvalue weighted by molar-refractivity contribution is -0.139. The lowest BCUT2D eigenvalue weighted by atomic mass is 10.1. The van der Waals surface area contributed by atoms with Crippen molar-refractivity contribution < 1.29 is 17.9 Å². The van der Waals surface area contributed by atoms with Crippen LogP contribution < -0.4 is 4.74 Å². The third-order valence-corrected chi connectivity index (χ3v) is 1.85.